The number of carbonyl (C=O) groups is 1. The number of rotatable bonds is 4. The lowest BCUT2D eigenvalue weighted by Crippen LogP contribution is -2.64. The van der Waals surface area contributed by atoms with Crippen molar-refractivity contribution in [2.24, 2.45) is 11.8 Å². The summed E-state index contributed by atoms with van der Waals surface area (Å²) >= 11 is 0. The van der Waals surface area contributed by atoms with Crippen molar-refractivity contribution in [1.29, 1.82) is 0 Å². The Labute approximate surface area is 147 Å². The first-order chi connectivity index (χ1) is 11.9. The van der Waals surface area contributed by atoms with Crippen LogP contribution in [0.1, 0.15) is 12.8 Å². The minimum Gasteiger partial charge on any atom is -0.456 e. The second kappa shape index (κ2) is 5.48. The summed E-state index contributed by atoms with van der Waals surface area (Å²) in [5.41, 5.74) is 0. The molecule has 0 radical (unpaired) electrons. The van der Waals surface area contributed by atoms with Crippen LogP contribution in [0.3, 0.4) is 0 Å². The fourth-order valence-electron chi connectivity index (χ4n) is 3.82. The zero-order chi connectivity index (χ0) is 20.8. The highest BCUT2D eigenvalue weighted by Crippen LogP contribution is 2.56. The Kier molecular flexibility index (Phi) is 4.18. The number of fused-ring (bicyclic) bond motifs is 1. The highest BCUT2D eigenvalue weighted by Gasteiger charge is 2.82. The molecule has 0 aromatic heterocycles. The Hall–Kier alpha value is -1.13. The van der Waals surface area contributed by atoms with Crippen molar-refractivity contribution >= 4 is 26.2 Å². The van der Waals surface area contributed by atoms with Gasteiger partial charge in [0.25, 0.3) is 10.1 Å². The molecule has 2 saturated carbocycles. The maximum absolute atomic E-state index is 14.3. The van der Waals surface area contributed by atoms with Crippen molar-refractivity contribution in [3.63, 3.8) is 0 Å². The molecule has 3 fully saturated rings. The third kappa shape index (κ3) is 2.59. The zero-order valence-electron chi connectivity index (χ0n) is 12.7. The topological polar surface area (TPSA) is 124 Å². The second-order valence-corrected chi connectivity index (χ2v) is 9.80. The molecule has 0 amide bonds. The van der Waals surface area contributed by atoms with Crippen LogP contribution in [0.2, 0.25) is 0 Å². The van der Waals surface area contributed by atoms with Gasteiger partial charge in [0.2, 0.25) is 0 Å². The third-order valence-electron chi connectivity index (χ3n) is 5.03. The van der Waals surface area contributed by atoms with Gasteiger partial charge in [-0.15, -0.1) is 0 Å². The van der Waals surface area contributed by atoms with Gasteiger partial charge >= 0.3 is 33.2 Å². The molecule has 0 spiro atoms. The molecule has 156 valence electrons. The van der Waals surface area contributed by atoms with Crippen LogP contribution in [0, 0.1) is 11.8 Å². The predicted octanol–water partition coefficient (Wildman–Crippen LogP) is 0.786. The number of esters is 1. The Morgan fingerprint density at radius 2 is 1.67 bits per heavy atom. The SMILES string of the molecule is O=C(OC1C2CC3C1OS(=O)(=O)C3C2)C(F)(C(F)(F)C(F)(F)F)S(=O)(=O)O. The Morgan fingerprint density at radius 3 is 2.15 bits per heavy atom. The molecule has 1 aliphatic heterocycles. The van der Waals surface area contributed by atoms with Crippen molar-refractivity contribution in [1.82, 2.24) is 0 Å². The fourth-order valence-corrected chi connectivity index (χ4v) is 6.40. The zero-order valence-corrected chi connectivity index (χ0v) is 14.3. The molecule has 6 unspecified atom stereocenters. The van der Waals surface area contributed by atoms with Gasteiger partial charge in [-0.25, -0.2) is 9.18 Å². The van der Waals surface area contributed by atoms with Crippen LogP contribution in [0.4, 0.5) is 26.3 Å². The first-order valence-corrected chi connectivity index (χ1v) is 10.1. The van der Waals surface area contributed by atoms with Gasteiger partial charge in [0.1, 0.15) is 12.2 Å². The molecule has 2 bridgehead atoms. The van der Waals surface area contributed by atoms with Crippen molar-refractivity contribution < 1.29 is 61.4 Å². The molecular formula is C11H10F6O8S2. The van der Waals surface area contributed by atoms with E-state index in [-0.39, 0.29) is 12.8 Å². The van der Waals surface area contributed by atoms with E-state index in [9.17, 15) is 48.0 Å². The molecule has 3 aliphatic rings. The average molecular weight is 448 g/mol. The normalized spacial score (nSPS) is 37.2. The Bertz CT molecular complexity index is 883. The first kappa shape index (κ1) is 20.6. The molecule has 0 aromatic carbocycles. The maximum atomic E-state index is 14.3. The van der Waals surface area contributed by atoms with E-state index in [1.54, 1.807) is 0 Å². The first-order valence-electron chi connectivity index (χ1n) is 7.19. The van der Waals surface area contributed by atoms with Crippen molar-refractivity contribution in [3.05, 3.63) is 0 Å². The number of ether oxygens (including phenoxy) is 1. The van der Waals surface area contributed by atoms with Crippen LogP contribution in [-0.2, 0) is 34.0 Å². The maximum Gasteiger partial charge on any atom is 0.458 e. The summed E-state index contributed by atoms with van der Waals surface area (Å²) in [4.78, 5) is 11.8. The van der Waals surface area contributed by atoms with E-state index in [1.807, 2.05) is 0 Å². The highest BCUT2D eigenvalue weighted by molar-refractivity contribution is 7.88. The molecule has 16 heteroatoms. The van der Waals surface area contributed by atoms with Crippen molar-refractivity contribution in [3.8, 4) is 0 Å². The molecule has 0 aromatic rings. The van der Waals surface area contributed by atoms with E-state index >= 15 is 0 Å². The number of halogens is 6. The Morgan fingerprint density at radius 1 is 1.11 bits per heavy atom. The fraction of sp³-hybridized carbons (Fsp3) is 0.909. The summed E-state index contributed by atoms with van der Waals surface area (Å²) in [7, 11) is -11.1. The second-order valence-electron chi connectivity index (χ2n) is 6.50. The van der Waals surface area contributed by atoms with Crippen molar-refractivity contribution in [2.45, 2.75) is 47.4 Å². The number of hydrogen-bond donors (Lipinski definition) is 1. The summed E-state index contributed by atoms with van der Waals surface area (Å²) in [5, 5.41) is -7.17. The number of carbonyl (C=O) groups excluding carboxylic acids is 1. The third-order valence-corrected chi connectivity index (χ3v) is 7.94. The van der Waals surface area contributed by atoms with Gasteiger partial charge in [-0.1, -0.05) is 0 Å². The molecule has 27 heavy (non-hydrogen) atoms. The molecule has 1 N–H and O–H groups in total. The van der Waals surface area contributed by atoms with Gasteiger partial charge in [-0.2, -0.15) is 38.8 Å². The van der Waals surface area contributed by atoms with Crippen LogP contribution in [0.15, 0.2) is 0 Å². The van der Waals surface area contributed by atoms with E-state index in [4.69, 9.17) is 4.55 Å². The molecule has 6 atom stereocenters. The van der Waals surface area contributed by atoms with Crippen LogP contribution >= 0.6 is 0 Å². The predicted molar refractivity (Wildman–Crippen MR) is 70.1 cm³/mol. The number of hydrogen-bond acceptors (Lipinski definition) is 7. The highest BCUT2D eigenvalue weighted by atomic mass is 32.2. The molecule has 1 heterocycles. The van der Waals surface area contributed by atoms with E-state index in [0.717, 1.165) is 0 Å². The summed E-state index contributed by atoms with van der Waals surface area (Å²) in [6.07, 6.45) is -10.3. The van der Waals surface area contributed by atoms with E-state index in [1.165, 1.54) is 0 Å². The minimum absolute atomic E-state index is 0.0351. The molecule has 1 saturated heterocycles. The van der Waals surface area contributed by atoms with Gasteiger partial charge in [-0.3, -0.25) is 8.74 Å². The molecule has 8 nitrogen and oxygen atoms in total. The van der Waals surface area contributed by atoms with Crippen LogP contribution < -0.4 is 0 Å². The minimum atomic E-state index is -6.97. The summed E-state index contributed by atoms with van der Waals surface area (Å²) in [6.45, 7) is 0. The molecule has 2 aliphatic carbocycles. The summed E-state index contributed by atoms with van der Waals surface area (Å²) < 4.78 is 141. The summed E-state index contributed by atoms with van der Waals surface area (Å²) in [5.74, 6) is -11.7. The standard InChI is InChI=1S/C11H10F6O8S2/c12-9(27(21,22)23,10(13,14)11(15,16)17)8(18)24-6-3-1-4-5(2-3)26(19,20)25-7(4)6/h3-7H,1-2H2,(H,21,22,23). The quantitative estimate of drug-likeness (QED) is 0.290. The van der Waals surface area contributed by atoms with Gasteiger partial charge in [0.15, 0.2) is 0 Å². The van der Waals surface area contributed by atoms with Gasteiger partial charge < -0.3 is 4.74 Å². The lowest BCUT2D eigenvalue weighted by Gasteiger charge is -2.32. The number of alkyl halides is 6. The Balaban J connectivity index is 1.94. The average Bonchev–Trinajstić information content (AvgIpc) is 3.07. The van der Waals surface area contributed by atoms with Crippen LogP contribution in [0.25, 0.3) is 0 Å². The van der Waals surface area contributed by atoms with E-state index in [2.05, 4.69) is 8.92 Å². The smallest absolute Gasteiger partial charge is 0.456 e. The van der Waals surface area contributed by atoms with Crippen LogP contribution in [0.5, 0.6) is 0 Å². The monoisotopic (exact) mass is 448 g/mol. The van der Waals surface area contributed by atoms with Gasteiger partial charge in [-0.05, 0) is 12.8 Å². The van der Waals surface area contributed by atoms with E-state index < -0.39 is 72.6 Å². The molecular weight excluding hydrogens is 438 g/mol. The lowest BCUT2D eigenvalue weighted by molar-refractivity contribution is -0.311. The largest absolute Gasteiger partial charge is 0.458 e. The van der Waals surface area contributed by atoms with Gasteiger partial charge in [0, 0.05) is 11.8 Å². The van der Waals surface area contributed by atoms with Crippen LogP contribution in [-0.4, -0.2) is 61.9 Å². The van der Waals surface area contributed by atoms with E-state index in [0.29, 0.717) is 0 Å². The lowest BCUT2D eigenvalue weighted by atomic mass is 9.94. The molecule has 3 rings (SSSR count). The van der Waals surface area contributed by atoms with Crippen molar-refractivity contribution in [2.75, 3.05) is 0 Å². The van der Waals surface area contributed by atoms with Gasteiger partial charge in [0.05, 0.1) is 5.25 Å². The summed E-state index contributed by atoms with van der Waals surface area (Å²) in [6, 6.07) is 0.